The predicted octanol–water partition coefficient (Wildman–Crippen LogP) is 4.12. The molecule has 0 aliphatic heterocycles. The highest BCUT2D eigenvalue weighted by atomic mass is 16.1. The van der Waals surface area contributed by atoms with Crippen molar-refractivity contribution in [2.45, 2.75) is 59.4 Å². The Labute approximate surface area is 111 Å². The van der Waals surface area contributed by atoms with E-state index in [1.54, 1.807) is 0 Å². The standard InChI is InChI=1S/C16H25NO/c1-11(2)14-6-5-13(4)16(15(14)17-10-18)8-7-12(3)9-16/h9,11,13-15H,5-8H2,1-4H3/t13-,14+,15-,16-/m0/s1. The van der Waals surface area contributed by atoms with E-state index in [0.717, 1.165) is 0 Å². The van der Waals surface area contributed by atoms with Crippen molar-refractivity contribution in [2.24, 2.45) is 28.2 Å². The van der Waals surface area contributed by atoms with Crippen molar-refractivity contribution in [3.63, 3.8) is 0 Å². The van der Waals surface area contributed by atoms with Gasteiger partial charge in [-0.05, 0) is 50.4 Å². The van der Waals surface area contributed by atoms with Crippen LogP contribution in [0.15, 0.2) is 16.6 Å². The zero-order valence-electron chi connectivity index (χ0n) is 12.1. The van der Waals surface area contributed by atoms with Crippen LogP contribution in [0.2, 0.25) is 0 Å². The smallest absolute Gasteiger partial charge is 0.211 e. The van der Waals surface area contributed by atoms with Gasteiger partial charge in [0, 0.05) is 5.41 Å². The third kappa shape index (κ3) is 2.07. The molecule has 1 spiro atoms. The summed E-state index contributed by atoms with van der Waals surface area (Å²) in [6.07, 6.45) is 9.07. The molecule has 100 valence electrons. The molecule has 0 N–H and O–H groups in total. The fourth-order valence-corrected chi connectivity index (χ4v) is 4.17. The van der Waals surface area contributed by atoms with Crippen molar-refractivity contribution < 1.29 is 4.79 Å². The van der Waals surface area contributed by atoms with Crippen LogP contribution < -0.4 is 0 Å². The van der Waals surface area contributed by atoms with Crippen LogP contribution in [0.25, 0.3) is 0 Å². The van der Waals surface area contributed by atoms with Gasteiger partial charge in [-0.15, -0.1) is 0 Å². The highest BCUT2D eigenvalue weighted by Gasteiger charge is 2.50. The topological polar surface area (TPSA) is 29.4 Å². The lowest BCUT2D eigenvalue weighted by Crippen LogP contribution is -2.47. The molecule has 0 saturated heterocycles. The Morgan fingerprint density at radius 1 is 1.44 bits per heavy atom. The van der Waals surface area contributed by atoms with Gasteiger partial charge in [-0.25, -0.2) is 9.79 Å². The zero-order valence-corrected chi connectivity index (χ0v) is 12.1. The van der Waals surface area contributed by atoms with Gasteiger partial charge in [-0.2, -0.15) is 0 Å². The first-order chi connectivity index (χ1) is 8.51. The molecule has 4 atom stereocenters. The van der Waals surface area contributed by atoms with Gasteiger partial charge in [0.25, 0.3) is 0 Å². The average Bonchev–Trinajstić information content (AvgIpc) is 2.69. The Morgan fingerprint density at radius 3 is 2.67 bits per heavy atom. The second-order valence-electron chi connectivity index (χ2n) is 6.65. The highest BCUT2D eigenvalue weighted by molar-refractivity contribution is 5.36. The van der Waals surface area contributed by atoms with Crippen LogP contribution >= 0.6 is 0 Å². The lowest BCUT2D eigenvalue weighted by molar-refractivity contribution is 0.0642. The van der Waals surface area contributed by atoms with Gasteiger partial charge >= 0.3 is 0 Å². The molecule has 1 fully saturated rings. The molecule has 18 heavy (non-hydrogen) atoms. The summed E-state index contributed by atoms with van der Waals surface area (Å²) >= 11 is 0. The molecule has 0 aromatic rings. The summed E-state index contributed by atoms with van der Waals surface area (Å²) in [5.41, 5.74) is 1.60. The Morgan fingerprint density at radius 2 is 2.17 bits per heavy atom. The molecule has 2 nitrogen and oxygen atoms in total. The second-order valence-corrected chi connectivity index (χ2v) is 6.65. The van der Waals surface area contributed by atoms with E-state index in [2.05, 4.69) is 38.8 Å². The summed E-state index contributed by atoms with van der Waals surface area (Å²) in [4.78, 5) is 15.1. The maximum absolute atomic E-state index is 10.9. The molecule has 2 aliphatic carbocycles. The van der Waals surface area contributed by atoms with E-state index in [1.165, 1.54) is 31.3 Å². The first-order valence-electron chi connectivity index (χ1n) is 7.26. The minimum atomic E-state index is 0.134. The molecular formula is C16H25NO. The lowest BCUT2D eigenvalue weighted by Gasteiger charge is -2.48. The van der Waals surface area contributed by atoms with Gasteiger partial charge < -0.3 is 0 Å². The number of hydrogen-bond acceptors (Lipinski definition) is 2. The summed E-state index contributed by atoms with van der Waals surface area (Å²) in [5.74, 6) is 1.75. The van der Waals surface area contributed by atoms with E-state index in [4.69, 9.17) is 0 Å². The Hall–Kier alpha value is -0.880. The number of nitrogens with zero attached hydrogens (tertiary/aromatic N) is 1. The SMILES string of the molecule is CC1=C[C@@]2(CC1)[C@@H](C)CC[C@H](C(C)C)[C@@H]2N=C=O. The minimum Gasteiger partial charge on any atom is -0.211 e. The van der Waals surface area contributed by atoms with Crippen molar-refractivity contribution in [3.05, 3.63) is 11.6 Å². The normalized spacial score (nSPS) is 39.8. The van der Waals surface area contributed by atoms with Crippen LogP contribution in [0.4, 0.5) is 0 Å². The first kappa shape index (κ1) is 13.5. The quantitative estimate of drug-likeness (QED) is 0.410. The van der Waals surface area contributed by atoms with E-state index < -0.39 is 0 Å². The van der Waals surface area contributed by atoms with E-state index in [-0.39, 0.29) is 11.5 Å². The molecule has 0 amide bonds. The maximum Gasteiger partial charge on any atom is 0.235 e. The summed E-state index contributed by atoms with van der Waals surface area (Å²) in [6, 6.07) is 0.149. The van der Waals surface area contributed by atoms with Crippen LogP contribution in [-0.2, 0) is 4.79 Å². The Balaban J connectivity index is 2.42. The molecule has 0 aromatic carbocycles. The lowest BCUT2D eigenvalue weighted by atomic mass is 9.58. The van der Waals surface area contributed by atoms with Crippen molar-refractivity contribution in [1.29, 1.82) is 0 Å². The number of carbonyl (C=O) groups excluding carboxylic acids is 1. The van der Waals surface area contributed by atoms with Gasteiger partial charge in [0.15, 0.2) is 0 Å². The van der Waals surface area contributed by atoms with Crippen molar-refractivity contribution in [1.82, 2.24) is 0 Å². The summed E-state index contributed by atoms with van der Waals surface area (Å²) in [5, 5.41) is 0. The largest absolute Gasteiger partial charge is 0.235 e. The van der Waals surface area contributed by atoms with Gasteiger partial charge in [0.05, 0.1) is 6.04 Å². The molecule has 2 aliphatic rings. The van der Waals surface area contributed by atoms with Crippen LogP contribution in [0.3, 0.4) is 0 Å². The number of isocyanates is 1. The van der Waals surface area contributed by atoms with Gasteiger partial charge in [0.2, 0.25) is 6.08 Å². The van der Waals surface area contributed by atoms with Gasteiger partial charge in [0.1, 0.15) is 0 Å². The third-order valence-corrected chi connectivity index (χ3v) is 5.32. The van der Waals surface area contributed by atoms with Crippen molar-refractivity contribution >= 4 is 6.08 Å². The highest BCUT2D eigenvalue weighted by Crippen LogP contribution is 2.54. The molecule has 2 heteroatoms. The van der Waals surface area contributed by atoms with E-state index in [0.29, 0.717) is 17.8 Å². The number of rotatable bonds is 2. The molecule has 1 saturated carbocycles. The summed E-state index contributed by atoms with van der Waals surface area (Å²) in [6.45, 7) is 9.06. The van der Waals surface area contributed by atoms with Crippen LogP contribution in [0.1, 0.15) is 53.4 Å². The van der Waals surface area contributed by atoms with Crippen LogP contribution in [-0.4, -0.2) is 12.1 Å². The third-order valence-electron chi connectivity index (χ3n) is 5.32. The zero-order chi connectivity index (χ0) is 13.3. The molecule has 0 aromatic heterocycles. The van der Waals surface area contributed by atoms with E-state index in [9.17, 15) is 4.79 Å². The molecule has 2 rings (SSSR count). The molecular weight excluding hydrogens is 222 g/mol. The predicted molar refractivity (Wildman–Crippen MR) is 74.1 cm³/mol. The monoisotopic (exact) mass is 247 g/mol. The number of aliphatic imine (C=N–C) groups is 1. The van der Waals surface area contributed by atoms with Crippen LogP contribution in [0.5, 0.6) is 0 Å². The Kier molecular flexibility index (Phi) is 3.77. The molecule has 0 radical (unpaired) electrons. The van der Waals surface area contributed by atoms with Crippen molar-refractivity contribution in [2.75, 3.05) is 0 Å². The average molecular weight is 247 g/mol. The first-order valence-corrected chi connectivity index (χ1v) is 7.26. The maximum atomic E-state index is 10.9. The van der Waals surface area contributed by atoms with Crippen molar-refractivity contribution in [3.8, 4) is 0 Å². The Bertz CT molecular complexity index is 392. The summed E-state index contributed by atoms with van der Waals surface area (Å²) < 4.78 is 0. The fourth-order valence-electron chi connectivity index (χ4n) is 4.17. The van der Waals surface area contributed by atoms with E-state index >= 15 is 0 Å². The summed E-state index contributed by atoms with van der Waals surface area (Å²) in [7, 11) is 0. The second kappa shape index (κ2) is 5.01. The fraction of sp³-hybridized carbons (Fsp3) is 0.812. The van der Waals surface area contributed by atoms with Crippen LogP contribution in [0, 0.1) is 23.2 Å². The molecule has 0 bridgehead atoms. The number of allylic oxidation sites excluding steroid dienone is 1. The van der Waals surface area contributed by atoms with Gasteiger partial charge in [-0.3, -0.25) is 0 Å². The van der Waals surface area contributed by atoms with Gasteiger partial charge in [-0.1, -0.05) is 32.4 Å². The molecule has 0 heterocycles. The minimum absolute atomic E-state index is 0.134. The van der Waals surface area contributed by atoms with E-state index in [1.807, 2.05) is 6.08 Å². The number of hydrogen-bond donors (Lipinski definition) is 0. The molecule has 0 unspecified atom stereocenters.